The van der Waals surface area contributed by atoms with E-state index in [0.717, 1.165) is 36.0 Å². The van der Waals surface area contributed by atoms with E-state index in [9.17, 15) is 14.7 Å². The number of hydrogen-bond acceptors (Lipinski definition) is 4. The summed E-state index contributed by atoms with van der Waals surface area (Å²) in [5.74, 6) is 0.242. The van der Waals surface area contributed by atoms with Gasteiger partial charge < -0.3 is 10.2 Å². The molecule has 0 unspecified atom stereocenters. The number of fused-ring (bicyclic) bond motifs is 1. The molecule has 0 atom stereocenters. The van der Waals surface area contributed by atoms with E-state index in [1.807, 2.05) is 24.3 Å². The average Bonchev–Trinajstić information content (AvgIpc) is 2.64. The Labute approximate surface area is 134 Å². The molecular weight excluding hydrogens is 292 g/mol. The summed E-state index contributed by atoms with van der Waals surface area (Å²) in [6.45, 7) is 0. The van der Waals surface area contributed by atoms with Gasteiger partial charge in [-0.15, -0.1) is 0 Å². The largest absolute Gasteiger partial charge is 0.508 e. The number of benzene rings is 3. The fourth-order valence-corrected chi connectivity index (χ4v) is 1.86. The lowest BCUT2D eigenvalue weighted by atomic mass is 10.1. The highest BCUT2D eigenvalue weighted by Gasteiger charge is 1.96. The molecule has 0 heterocycles. The molecule has 0 aliphatic heterocycles. The van der Waals surface area contributed by atoms with Crippen LogP contribution in [0.25, 0.3) is 10.8 Å². The SMILES string of the molecule is CO.O=Cc1ccc2cc(O)ccc2c1.O=Cc1ccccc1. The predicted octanol–water partition coefficient (Wildman–Crippen LogP) is 3.47. The number of carbonyl (C=O) groups is 2. The minimum Gasteiger partial charge on any atom is -0.508 e. The Balaban J connectivity index is 0.000000228. The molecule has 118 valence electrons. The molecule has 3 aromatic rings. The van der Waals surface area contributed by atoms with Gasteiger partial charge in [0.2, 0.25) is 0 Å². The third-order valence-corrected chi connectivity index (χ3v) is 2.92. The summed E-state index contributed by atoms with van der Waals surface area (Å²) in [6, 6.07) is 19.5. The average molecular weight is 310 g/mol. The van der Waals surface area contributed by atoms with Crippen molar-refractivity contribution in [1.29, 1.82) is 0 Å². The first kappa shape index (κ1) is 18.1. The Kier molecular flexibility index (Phi) is 7.75. The topological polar surface area (TPSA) is 74.6 Å². The van der Waals surface area contributed by atoms with Gasteiger partial charge in [0.25, 0.3) is 0 Å². The van der Waals surface area contributed by atoms with E-state index in [-0.39, 0.29) is 5.75 Å². The second-order valence-electron chi connectivity index (χ2n) is 4.44. The highest BCUT2D eigenvalue weighted by Crippen LogP contribution is 2.20. The number of rotatable bonds is 2. The van der Waals surface area contributed by atoms with Gasteiger partial charge in [0.15, 0.2) is 0 Å². The molecule has 0 radical (unpaired) electrons. The quantitative estimate of drug-likeness (QED) is 0.711. The van der Waals surface area contributed by atoms with Crippen molar-refractivity contribution in [3.63, 3.8) is 0 Å². The molecular formula is C19H18O4. The zero-order valence-electron chi connectivity index (χ0n) is 12.7. The highest BCUT2D eigenvalue weighted by atomic mass is 16.3. The van der Waals surface area contributed by atoms with Crippen molar-refractivity contribution in [2.75, 3.05) is 7.11 Å². The van der Waals surface area contributed by atoms with Crippen LogP contribution in [-0.2, 0) is 0 Å². The van der Waals surface area contributed by atoms with Crippen LogP contribution in [0.1, 0.15) is 20.7 Å². The molecule has 0 amide bonds. The summed E-state index contributed by atoms with van der Waals surface area (Å²) < 4.78 is 0. The Morgan fingerprint density at radius 2 is 1.26 bits per heavy atom. The molecule has 0 saturated heterocycles. The number of carbonyl (C=O) groups excluding carboxylic acids is 2. The summed E-state index contributed by atoms with van der Waals surface area (Å²) in [4.78, 5) is 20.5. The molecule has 3 aromatic carbocycles. The van der Waals surface area contributed by atoms with Crippen LogP contribution >= 0.6 is 0 Å². The maximum atomic E-state index is 10.5. The minimum atomic E-state index is 0.242. The molecule has 0 aliphatic rings. The monoisotopic (exact) mass is 310 g/mol. The smallest absolute Gasteiger partial charge is 0.150 e. The van der Waals surface area contributed by atoms with Crippen molar-refractivity contribution < 1.29 is 19.8 Å². The van der Waals surface area contributed by atoms with Gasteiger partial charge >= 0.3 is 0 Å². The van der Waals surface area contributed by atoms with Crippen LogP contribution in [0.3, 0.4) is 0 Å². The first-order chi connectivity index (χ1) is 11.2. The van der Waals surface area contributed by atoms with Gasteiger partial charge in [-0.2, -0.15) is 0 Å². The second-order valence-corrected chi connectivity index (χ2v) is 4.44. The zero-order chi connectivity index (χ0) is 17.1. The highest BCUT2D eigenvalue weighted by molar-refractivity contribution is 5.89. The number of phenols is 1. The van der Waals surface area contributed by atoms with Crippen molar-refractivity contribution in [2.24, 2.45) is 0 Å². The molecule has 4 heteroatoms. The lowest BCUT2D eigenvalue weighted by Gasteiger charge is -1.98. The Hall–Kier alpha value is -2.98. The van der Waals surface area contributed by atoms with Crippen LogP contribution in [0.15, 0.2) is 66.7 Å². The van der Waals surface area contributed by atoms with Gasteiger partial charge in [0.1, 0.15) is 18.3 Å². The lowest BCUT2D eigenvalue weighted by molar-refractivity contribution is 0.111. The maximum absolute atomic E-state index is 10.5. The van der Waals surface area contributed by atoms with E-state index >= 15 is 0 Å². The Bertz CT molecular complexity index is 752. The molecule has 3 rings (SSSR count). The lowest BCUT2D eigenvalue weighted by Crippen LogP contribution is -1.79. The van der Waals surface area contributed by atoms with E-state index < -0.39 is 0 Å². The first-order valence-electron chi connectivity index (χ1n) is 6.86. The molecule has 0 fully saturated rings. The van der Waals surface area contributed by atoms with E-state index in [1.165, 1.54) is 0 Å². The van der Waals surface area contributed by atoms with Gasteiger partial charge in [0.05, 0.1) is 0 Å². The van der Waals surface area contributed by atoms with Gasteiger partial charge in [0, 0.05) is 18.2 Å². The molecule has 0 bridgehead atoms. The molecule has 0 spiro atoms. The normalized spacial score (nSPS) is 8.96. The van der Waals surface area contributed by atoms with Gasteiger partial charge in [-0.05, 0) is 29.0 Å². The van der Waals surface area contributed by atoms with Gasteiger partial charge in [-0.25, -0.2) is 0 Å². The predicted molar refractivity (Wildman–Crippen MR) is 91.0 cm³/mol. The van der Waals surface area contributed by atoms with Crippen LogP contribution in [0.5, 0.6) is 5.75 Å². The molecule has 0 aliphatic carbocycles. The van der Waals surface area contributed by atoms with Gasteiger partial charge in [-0.3, -0.25) is 9.59 Å². The summed E-state index contributed by atoms with van der Waals surface area (Å²) in [5.41, 5.74) is 1.38. The van der Waals surface area contributed by atoms with Crippen LogP contribution in [0.4, 0.5) is 0 Å². The molecule has 4 nitrogen and oxygen atoms in total. The fraction of sp³-hybridized carbons (Fsp3) is 0.0526. The number of aliphatic hydroxyl groups excluding tert-OH is 1. The standard InChI is InChI=1S/C11H8O2.C7H6O.CH4O/c12-7-8-1-2-10-6-11(13)4-3-9(10)5-8;8-6-7-4-2-1-3-5-7;1-2/h1-7,13H;1-6H;2H,1H3. The van der Waals surface area contributed by atoms with E-state index in [4.69, 9.17) is 5.11 Å². The van der Waals surface area contributed by atoms with E-state index in [1.54, 1.807) is 42.5 Å². The van der Waals surface area contributed by atoms with Crippen LogP contribution in [-0.4, -0.2) is 29.9 Å². The number of phenolic OH excluding ortho intramolecular Hbond substituents is 1. The molecule has 0 aromatic heterocycles. The van der Waals surface area contributed by atoms with Crippen molar-refractivity contribution in [2.45, 2.75) is 0 Å². The minimum absolute atomic E-state index is 0.242. The van der Waals surface area contributed by atoms with Crippen LogP contribution in [0.2, 0.25) is 0 Å². The van der Waals surface area contributed by atoms with E-state index in [0.29, 0.717) is 5.56 Å². The van der Waals surface area contributed by atoms with E-state index in [2.05, 4.69) is 0 Å². The Morgan fingerprint density at radius 3 is 1.83 bits per heavy atom. The first-order valence-corrected chi connectivity index (χ1v) is 6.86. The molecule has 23 heavy (non-hydrogen) atoms. The second kappa shape index (κ2) is 9.87. The third-order valence-electron chi connectivity index (χ3n) is 2.92. The number of hydrogen-bond donors (Lipinski definition) is 2. The summed E-state index contributed by atoms with van der Waals surface area (Å²) in [7, 11) is 1.00. The fourth-order valence-electron chi connectivity index (χ4n) is 1.86. The number of aromatic hydroxyl groups is 1. The van der Waals surface area contributed by atoms with Crippen LogP contribution < -0.4 is 0 Å². The van der Waals surface area contributed by atoms with Crippen molar-refractivity contribution in [3.8, 4) is 5.75 Å². The summed E-state index contributed by atoms with van der Waals surface area (Å²) in [5, 5.41) is 18.1. The van der Waals surface area contributed by atoms with Crippen molar-refractivity contribution in [1.82, 2.24) is 0 Å². The molecule has 2 N–H and O–H groups in total. The molecule has 0 saturated carbocycles. The van der Waals surface area contributed by atoms with Crippen LogP contribution in [0, 0.1) is 0 Å². The summed E-state index contributed by atoms with van der Waals surface area (Å²) >= 11 is 0. The van der Waals surface area contributed by atoms with Gasteiger partial charge in [-0.1, -0.05) is 48.5 Å². The Morgan fingerprint density at radius 1 is 0.696 bits per heavy atom. The summed E-state index contributed by atoms with van der Waals surface area (Å²) in [6.07, 6.45) is 1.65. The number of aliphatic hydroxyl groups is 1. The third kappa shape index (κ3) is 5.73. The number of aldehydes is 2. The van der Waals surface area contributed by atoms with Crippen molar-refractivity contribution >= 4 is 23.3 Å². The zero-order valence-corrected chi connectivity index (χ0v) is 12.7. The maximum Gasteiger partial charge on any atom is 0.150 e. The van der Waals surface area contributed by atoms with Crippen molar-refractivity contribution in [3.05, 3.63) is 77.9 Å².